The highest BCUT2D eigenvalue weighted by molar-refractivity contribution is 5.92. The number of carboxylic acids is 2. The van der Waals surface area contributed by atoms with Gasteiger partial charge in [0.15, 0.2) is 5.75 Å². The van der Waals surface area contributed by atoms with E-state index in [0.29, 0.717) is 0 Å². The van der Waals surface area contributed by atoms with Crippen LogP contribution in [0.3, 0.4) is 0 Å². The van der Waals surface area contributed by atoms with Crippen LogP contribution in [-0.2, 0) is 4.89 Å². The van der Waals surface area contributed by atoms with Gasteiger partial charge in [0.2, 0.25) is 0 Å². The van der Waals surface area contributed by atoms with Crippen LogP contribution in [0.1, 0.15) is 40.5 Å². The third-order valence-corrected chi connectivity index (χ3v) is 2.17. The Bertz CT molecular complexity index is 440. The van der Waals surface area contributed by atoms with Gasteiger partial charge in [-0.3, -0.25) is 0 Å². The molecular weight excluding hydrogens is 240 g/mol. The average molecular weight is 252 g/mol. The van der Waals surface area contributed by atoms with Gasteiger partial charge in [0.25, 0.3) is 0 Å². The van der Waals surface area contributed by atoms with Crippen molar-refractivity contribution < 1.29 is 29.6 Å². The van der Waals surface area contributed by atoms with Crippen LogP contribution in [0.25, 0.3) is 0 Å². The molecule has 0 aliphatic carbocycles. The summed E-state index contributed by atoms with van der Waals surface area (Å²) in [6.07, 6.45) is 1.62. The van der Waals surface area contributed by atoms with Gasteiger partial charge in [-0.05, 0) is 18.6 Å². The third-order valence-electron chi connectivity index (χ3n) is 2.17. The molecule has 0 amide bonds. The molecule has 0 unspecified atom stereocenters. The zero-order valence-corrected chi connectivity index (χ0v) is 9.80. The number of hydrogen-bond acceptors (Lipinski definition) is 6. The maximum atomic E-state index is 10.8. The Balaban J connectivity index is 2.86. The van der Waals surface area contributed by atoms with E-state index < -0.39 is 11.9 Å². The van der Waals surface area contributed by atoms with E-state index in [1.54, 1.807) is 0 Å². The van der Waals surface area contributed by atoms with E-state index in [1.807, 2.05) is 6.92 Å². The van der Waals surface area contributed by atoms with Crippen molar-refractivity contribution in [2.75, 3.05) is 6.61 Å². The summed E-state index contributed by atoms with van der Waals surface area (Å²) in [5, 5.41) is 21.4. The average Bonchev–Trinajstić information content (AvgIpc) is 2.34. The molecule has 0 fully saturated rings. The molecule has 0 bridgehead atoms. The van der Waals surface area contributed by atoms with Gasteiger partial charge in [0.05, 0.1) is 18.5 Å². The second-order valence-corrected chi connectivity index (χ2v) is 3.54. The lowest BCUT2D eigenvalue weighted by Gasteiger charge is -2.12. The smallest absolute Gasteiger partial charge is 0.175 e. The number of carbonyl (C=O) groups is 2. The lowest BCUT2D eigenvalue weighted by Crippen LogP contribution is -2.25. The second-order valence-electron chi connectivity index (χ2n) is 3.54. The van der Waals surface area contributed by atoms with Crippen LogP contribution in [0.4, 0.5) is 0 Å². The van der Waals surface area contributed by atoms with Crippen LogP contribution in [0.15, 0.2) is 18.2 Å². The molecule has 0 atom stereocenters. The number of rotatable bonds is 7. The predicted molar refractivity (Wildman–Crippen MR) is 56.6 cm³/mol. The van der Waals surface area contributed by atoms with E-state index in [4.69, 9.17) is 9.78 Å². The number of unbranched alkanes of at least 4 members (excludes halogenated alkanes) is 1. The monoisotopic (exact) mass is 252 g/mol. The molecule has 0 heterocycles. The molecule has 0 aliphatic heterocycles. The first kappa shape index (κ1) is 14.0. The van der Waals surface area contributed by atoms with Crippen molar-refractivity contribution in [3.63, 3.8) is 0 Å². The molecule has 18 heavy (non-hydrogen) atoms. The molecule has 6 heteroatoms. The molecule has 6 nitrogen and oxygen atoms in total. The standard InChI is InChI=1S/C12H14O6/c1-2-3-6-17-18-10-7-8(11(13)14)4-5-9(10)12(15)16/h4-5,7H,2-3,6H2,1H3,(H,13,14)(H,15,16)/p-2. The molecule has 0 saturated heterocycles. The van der Waals surface area contributed by atoms with Gasteiger partial charge in [0.1, 0.15) is 0 Å². The van der Waals surface area contributed by atoms with Crippen LogP contribution < -0.4 is 15.1 Å². The van der Waals surface area contributed by atoms with Gasteiger partial charge in [-0.2, -0.15) is 4.89 Å². The highest BCUT2D eigenvalue weighted by atomic mass is 17.2. The van der Waals surface area contributed by atoms with Gasteiger partial charge in [-0.1, -0.05) is 19.4 Å². The summed E-state index contributed by atoms with van der Waals surface area (Å²) < 4.78 is 0. The zero-order valence-electron chi connectivity index (χ0n) is 9.80. The Hall–Kier alpha value is -2.08. The molecule has 1 aromatic carbocycles. The molecule has 0 saturated carbocycles. The van der Waals surface area contributed by atoms with Gasteiger partial charge in [-0.25, -0.2) is 0 Å². The van der Waals surface area contributed by atoms with Crippen molar-refractivity contribution in [3.8, 4) is 5.75 Å². The van der Waals surface area contributed by atoms with Crippen LogP contribution in [0, 0.1) is 0 Å². The van der Waals surface area contributed by atoms with Gasteiger partial charge < -0.3 is 24.7 Å². The fraction of sp³-hybridized carbons (Fsp3) is 0.333. The van der Waals surface area contributed by atoms with Crippen molar-refractivity contribution in [1.82, 2.24) is 0 Å². The molecule has 0 N–H and O–H groups in total. The number of hydrogen-bond donors (Lipinski definition) is 0. The first-order chi connectivity index (χ1) is 8.56. The Labute approximate surface area is 104 Å². The first-order valence-corrected chi connectivity index (χ1v) is 5.42. The Morgan fingerprint density at radius 2 is 1.94 bits per heavy atom. The van der Waals surface area contributed by atoms with Gasteiger partial charge in [0, 0.05) is 11.1 Å². The quantitative estimate of drug-likeness (QED) is 0.369. The Morgan fingerprint density at radius 3 is 2.50 bits per heavy atom. The number of benzene rings is 1. The lowest BCUT2D eigenvalue weighted by molar-refractivity contribution is -0.257. The van der Waals surface area contributed by atoms with E-state index >= 15 is 0 Å². The first-order valence-electron chi connectivity index (χ1n) is 5.42. The largest absolute Gasteiger partial charge is 0.545 e. The van der Waals surface area contributed by atoms with E-state index in [1.165, 1.54) is 0 Å². The fourth-order valence-electron chi connectivity index (χ4n) is 1.20. The van der Waals surface area contributed by atoms with Crippen LogP contribution in [-0.4, -0.2) is 18.5 Å². The molecule has 1 rings (SSSR count). The summed E-state index contributed by atoms with van der Waals surface area (Å²) in [7, 11) is 0. The molecule has 98 valence electrons. The molecule has 1 aromatic rings. The summed E-state index contributed by atoms with van der Waals surface area (Å²) in [4.78, 5) is 31.0. The van der Waals surface area contributed by atoms with E-state index in [0.717, 1.165) is 31.0 Å². The highest BCUT2D eigenvalue weighted by Gasteiger charge is 2.08. The molecule has 0 radical (unpaired) electrons. The molecule has 0 aromatic heterocycles. The highest BCUT2D eigenvalue weighted by Crippen LogP contribution is 2.20. The van der Waals surface area contributed by atoms with Crippen molar-refractivity contribution in [2.24, 2.45) is 0 Å². The van der Waals surface area contributed by atoms with Crippen LogP contribution in [0.5, 0.6) is 5.75 Å². The van der Waals surface area contributed by atoms with E-state index in [2.05, 4.69) is 0 Å². The Morgan fingerprint density at radius 1 is 1.22 bits per heavy atom. The maximum Gasteiger partial charge on any atom is 0.175 e. The third kappa shape index (κ3) is 3.74. The normalized spacial score (nSPS) is 10.1. The van der Waals surface area contributed by atoms with Crippen LogP contribution in [0.2, 0.25) is 0 Å². The second kappa shape index (κ2) is 6.61. The molecular formula is C12H12O6-2. The topological polar surface area (TPSA) is 98.7 Å². The van der Waals surface area contributed by atoms with Crippen LogP contribution >= 0.6 is 0 Å². The summed E-state index contributed by atoms with van der Waals surface area (Å²) >= 11 is 0. The summed E-state index contributed by atoms with van der Waals surface area (Å²) in [6, 6.07) is 3.19. The van der Waals surface area contributed by atoms with Gasteiger partial charge in [-0.15, -0.1) is 0 Å². The van der Waals surface area contributed by atoms with E-state index in [9.17, 15) is 19.8 Å². The predicted octanol–water partition coefficient (Wildman–Crippen LogP) is -0.476. The van der Waals surface area contributed by atoms with Crippen molar-refractivity contribution in [2.45, 2.75) is 19.8 Å². The summed E-state index contributed by atoms with van der Waals surface area (Å²) in [5.74, 6) is -3.12. The number of carbonyl (C=O) groups excluding carboxylic acids is 2. The molecule has 0 aliphatic rings. The summed E-state index contributed by atoms with van der Waals surface area (Å²) in [5.41, 5.74) is -0.481. The minimum absolute atomic E-state index is 0.200. The SMILES string of the molecule is CCCCOOc1cc(C(=O)[O-])ccc1C(=O)[O-]. The van der Waals surface area contributed by atoms with Gasteiger partial charge >= 0.3 is 0 Å². The lowest BCUT2D eigenvalue weighted by atomic mass is 10.1. The number of carboxylic acid groups (broad SMARTS) is 2. The summed E-state index contributed by atoms with van der Waals surface area (Å²) in [6.45, 7) is 2.23. The van der Waals surface area contributed by atoms with E-state index in [-0.39, 0.29) is 23.5 Å². The zero-order chi connectivity index (χ0) is 13.5. The maximum absolute atomic E-state index is 10.8. The fourth-order valence-corrected chi connectivity index (χ4v) is 1.20. The minimum atomic E-state index is -1.48. The molecule has 0 spiro atoms. The van der Waals surface area contributed by atoms with Crippen molar-refractivity contribution in [3.05, 3.63) is 29.3 Å². The Kier molecular flexibility index (Phi) is 5.13. The van der Waals surface area contributed by atoms with Crippen molar-refractivity contribution in [1.29, 1.82) is 0 Å². The number of aromatic carboxylic acids is 2. The van der Waals surface area contributed by atoms with Crippen molar-refractivity contribution >= 4 is 11.9 Å². The minimum Gasteiger partial charge on any atom is -0.545 e.